The lowest BCUT2D eigenvalue weighted by molar-refractivity contribution is -0.147. The monoisotopic (exact) mass is 184 g/mol. The van der Waals surface area contributed by atoms with Crippen molar-refractivity contribution in [2.24, 2.45) is 5.92 Å². The maximum absolute atomic E-state index is 9.93. The van der Waals surface area contributed by atoms with Crippen LogP contribution in [0, 0.1) is 5.92 Å². The van der Waals surface area contributed by atoms with E-state index in [2.05, 4.69) is 0 Å². The highest BCUT2D eigenvalue weighted by molar-refractivity contribution is 5.11. The van der Waals surface area contributed by atoms with Crippen molar-refractivity contribution >= 4 is 0 Å². The minimum atomic E-state index is -0.442. The number of rotatable bonds is 0. The van der Waals surface area contributed by atoms with Crippen molar-refractivity contribution in [3.63, 3.8) is 0 Å². The summed E-state index contributed by atoms with van der Waals surface area (Å²) in [5, 5.41) is 9.93. The van der Waals surface area contributed by atoms with E-state index in [4.69, 9.17) is 9.47 Å². The molecule has 2 aliphatic carbocycles. The molecule has 13 heavy (non-hydrogen) atoms. The van der Waals surface area contributed by atoms with E-state index in [0.717, 1.165) is 19.3 Å². The average Bonchev–Trinajstić information content (AvgIpc) is 2.48. The van der Waals surface area contributed by atoms with Crippen molar-refractivity contribution < 1.29 is 14.6 Å². The molecule has 3 fully saturated rings. The Hall–Kier alpha value is -0.120. The summed E-state index contributed by atoms with van der Waals surface area (Å²) in [5.41, 5.74) is -0.398. The van der Waals surface area contributed by atoms with Crippen molar-refractivity contribution in [1.29, 1.82) is 0 Å². The second kappa shape index (κ2) is 2.10. The molecule has 0 aromatic heterocycles. The summed E-state index contributed by atoms with van der Waals surface area (Å²) < 4.78 is 11.5. The zero-order chi connectivity index (χ0) is 9.27. The molecular formula is C10H16O3. The van der Waals surface area contributed by atoms with Gasteiger partial charge in [-0.1, -0.05) is 0 Å². The molecule has 1 saturated heterocycles. The topological polar surface area (TPSA) is 38.7 Å². The summed E-state index contributed by atoms with van der Waals surface area (Å²) in [6, 6.07) is 0. The van der Waals surface area contributed by atoms with Crippen LogP contribution in [-0.4, -0.2) is 28.7 Å². The van der Waals surface area contributed by atoms with E-state index in [1.54, 1.807) is 0 Å². The molecule has 0 aromatic rings. The lowest BCUT2D eigenvalue weighted by atomic mass is 9.93. The summed E-state index contributed by atoms with van der Waals surface area (Å²) in [5.74, 6) is 0.0360. The van der Waals surface area contributed by atoms with Gasteiger partial charge in [0.1, 0.15) is 0 Å². The van der Waals surface area contributed by atoms with Gasteiger partial charge < -0.3 is 14.6 Å². The van der Waals surface area contributed by atoms with E-state index in [1.165, 1.54) is 0 Å². The number of aliphatic hydroxyl groups is 1. The summed E-state index contributed by atoms with van der Waals surface area (Å²) >= 11 is 0. The molecular weight excluding hydrogens is 168 g/mol. The van der Waals surface area contributed by atoms with Gasteiger partial charge in [-0.15, -0.1) is 0 Å². The van der Waals surface area contributed by atoms with Crippen LogP contribution in [0.5, 0.6) is 0 Å². The highest BCUT2D eigenvalue weighted by Gasteiger charge is 2.62. The molecule has 74 valence electrons. The largest absolute Gasteiger partial charge is 0.389 e. The van der Waals surface area contributed by atoms with E-state index in [1.807, 2.05) is 13.8 Å². The third kappa shape index (κ3) is 1.14. The van der Waals surface area contributed by atoms with E-state index >= 15 is 0 Å². The van der Waals surface area contributed by atoms with Gasteiger partial charge in [0.2, 0.25) is 0 Å². The molecule has 1 heterocycles. The van der Waals surface area contributed by atoms with Crippen LogP contribution in [0.4, 0.5) is 0 Å². The molecule has 0 radical (unpaired) electrons. The van der Waals surface area contributed by atoms with E-state index in [-0.39, 0.29) is 12.2 Å². The van der Waals surface area contributed by atoms with Gasteiger partial charge in [0, 0.05) is 6.42 Å². The van der Waals surface area contributed by atoms with E-state index < -0.39 is 11.4 Å². The van der Waals surface area contributed by atoms with Crippen LogP contribution < -0.4 is 0 Å². The molecule has 0 aromatic carbocycles. The van der Waals surface area contributed by atoms with Gasteiger partial charge >= 0.3 is 0 Å². The number of hydrogen-bond acceptors (Lipinski definition) is 3. The van der Waals surface area contributed by atoms with Crippen molar-refractivity contribution in [2.75, 3.05) is 0 Å². The molecule has 0 amide bonds. The third-order valence-corrected chi connectivity index (χ3v) is 3.56. The summed E-state index contributed by atoms with van der Waals surface area (Å²) in [6.45, 7) is 3.89. The van der Waals surface area contributed by atoms with E-state index in [9.17, 15) is 5.11 Å². The summed E-state index contributed by atoms with van der Waals surface area (Å²) in [4.78, 5) is 0. The first-order valence-electron chi connectivity index (χ1n) is 5.07. The van der Waals surface area contributed by atoms with Gasteiger partial charge in [0.25, 0.3) is 0 Å². The molecule has 1 aliphatic heterocycles. The molecule has 3 aliphatic rings. The number of hydrogen-bond donors (Lipinski definition) is 1. The summed E-state index contributed by atoms with van der Waals surface area (Å²) in [6.07, 6.45) is 3.05. The van der Waals surface area contributed by atoms with Crippen LogP contribution in [0.3, 0.4) is 0 Å². The molecule has 3 rings (SSSR count). The van der Waals surface area contributed by atoms with Crippen LogP contribution in [0.2, 0.25) is 0 Å². The Bertz CT molecular complexity index is 251. The molecule has 3 nitrogen and oxygen atoms in total. The van der Waals surface area contributed by atoms with Gasteiger partial charge in [-0.25, -0.2) is 0 Å². The Morgan fingerprint density at radius 2 is 1.85 bits per heavy atom. The third-order valence-electron chi connectivity index (χ3n) is 3.56. The van der Waals surface area contributed by atoms with Crippen LogP contribution in [-0.2, 0) is 9.47 Å². The lowest BCUT2D eigenvalue weighted by Crippen LogP contribution is -2.35. The molecule has 0 unspecified atom stereocenters. The molecule has 3 heteroatoms. The molecule has 0 bridgehead atoms. The fourth-order valence-electron chi connectivity index (χ4n) is 2.83. The fraction of sp³-hybridized carbons (Fsp3) is 1.00. The molecule has 1 N–H and O–H groups in total. The zero-order valence-corrected chi connectivity index (χ0v) is 8.12. The minimum absolute atomic E-state index is 0.124. The maximum atomic E-state index is 9.93. The quantitative estimate of drug-likeness (QED) is 0.611. The van der Waals surface area contributed by atoms with Crippen LogP contribution >= 0.6 is 0 Å². The van der Waals surface area contributed by atoms with E-state index in [0.29, 0.717) is 5.92 Å². The first-order valence-corrected chi connectivity index (χ1v) is 5.07. The van der Waals surface area contributed by atoms with Gasteiger partial charge in [-0.2, -0.15) is 0 Å². The Morgan fingerprint density at radius 3 is 2.62 bits per heavy atom. The van der Waals surface area contributed by atoms with Gasteiger partial charge in [-0.3, -0.25) is 0 Å². The standard InChI is InChI=1S/C10H16O3/c1-9(2)12-7-3-6-4-10(6,11)5-8(7)13-9/h6-8,11H,3-5H2,1-2H3/t6-,7+,8-,10+/m1/s1. The van der Waals surface area contributed by atoms with Gasteiger partial charge in [-0.05, 0) is 32.6 Å². The average molecular weight is 184 g/mol. The number of fused-ring (bicyclic) bond motifs is 2. The number of ether oxygens (including phenoxy) is 2. The smallest absolute Gasteiger partial charge is 0.163 e. The highest BCUT2D eigenvalue weighted by Crippen LogP contribution is 2.56. The predicted molar refractivity (Wildman–Crippen MR) is 46.1 cm³/mol. The maximum Gasteiger partial charge on any atom is 0.163 e. The Kier molecular flexibility index (Phi) is 1.33. The van der Waals surface area contributed by atoms with Gasteiger partial charge in [0.15, 0.2) is 5.79 Å². The Balaban J connectivity index is 1.79. The van der Waals surface area contributed by atoms with Crippen molar-refractivity contribution in [1.82, 2.24) is 0 Å². The lowest BCUT2D eigenvalue weighted by Gasteiger charge is -2.25. The SMILES string of the molecule is CC1(C)O[C@H]2C[C@@H]3C[C@]3(O)C[C@H]2O1. The molecule has 2 saturated carbocycles. The first-order chi connectivity index (χ1) is 5.99. The second-order valence-electron chi connectivity index (χ2n) is 5.16. The van der Waals surface area contributed by atoms with Crippen molar-refractivity contribution in [2.45, 2.75) is 56.7 Å². The van der Waals surface area contributed by atoms with Crippen LogP contribution in [0.1, 0.15) is 33.1 Å². The normalized spacial score (nSPS) is 57.0. The fourth-order valence-corrected chi connectivity index (χ4v) is 2.83. The second-order valence-corrected chi connectivity index (χ2v) is 5.16. The highest BCUT2D eigenvalue weighted by atomic mass is 16.8. The van der Waals surface area contributed by atoms with Crippen LogP contribution in [0.25, 0.3) is 0 Å². The Morgan fingerprint density at radius 1 is 1.15 bits per heavy atom. The predicted octanol–water partition coefficient (Wildman–Crippen LogP) is 1.05. The molecule has 0 spiro atoms. The van der Waals surface area contributed by atoms with Crippen molar-refractivity contribution in [3.05, 3.63) is 0 Å². The van der Waals surface area contributed by atoms with Crippen LogP contribution in [0.15, 0.2) is 0 Å². The Labute approximate surface area is 78.0 Å². The first kappa shape index (κ1) is 8.21. The summed E-state index contributed by atoms with van der Waals surface area (Å²) in [7, 11) is 0. The zero-order valence-electron chi connectivity index (χ0n) is 8.12. The minimum Gasteiger partial charge on any atom is -0.389 e. The molecule has 4 atom stereocenters. The van der Waals surface area contributed by atoms with Crippen molar-refractivity contribution in [3.8, 4) is 0 Å². The van der Waals surface area contributed by atoms with Gasteiger partial charge in [0.05, 0.1) is 17.8 Å².